The molecule has 0 bridgehead atoms. The number of rotatable bonds is 5. The lowest BCUT2D eigenvalue weighted by Crippen LogP contribution is -2.49. The highest BCUT2D eigenvalue weighted by Crippen LogP contribution is 2.09. The summed E-state index contributed by atoms with van der Waals surface area (Å²) in [4.78, 5) is 16.4. The van der Waals surface area contributed by atoms with Crippen LogP contribution in [0.25, 0.3) is 0 Å². The molecule has 0 aromatic heterocycles. The molecule has 1 heterocycles. The van der Waals surface area contributed by atoms with Crippen LogP contribution >= 0.6 is 0 Å². The molecule has 3 heteroatoms. The molecule has 0 aliphatic carbocycles. The van der Waals surface area contributed by atoms with Gasteiger partial charge < -0.3 is 4.90 Å². The Kier molecular flexibility index (Phi) is 5.60. The first-order valence-electron chi connectivity index (χ1n) is 7.72. The molecule has 3 nitrogen and oxygen atoms in total. The third-order valence-electron chi connectivity index (χ3n) is 3.96. The topological polar surface area (TPSA) is 23.6 Å². The maximum atomic E-state index is 11.9. The molecule has 1 fully saturated rings. The van der Waals surface area contributed by atoms with Crippen LogP contribution in [0, 0.1) is 5.92 Å². The first-order valence-corrected chi connectivity index (χ1v) is 7.72. The second-order valence-corrected chi connectivity index (χ2v) is 5.91. The van der Waals surface area contributed by atoms with Gasteiger partial charge in [0.15, 0.2) is 0 Å². The fourth-order valence-corrected chi connectivity index (χ4v) is 2.71. The van der Waals surface area contributed by atoms with Crippen molar-refractivity contribution in [1.29, 1.82) is 0 Å². The van der Waals surface area contributed by atoms with E-state index in [9.17, 15) is 4.79 Å². The van der Waals surface area contributed by atoms with Gasteiger partial charge in [-0.1, -0.05) is 44.2 Å². The van der Waals surface area contributed by atoms with Crippen molar-refractivity contribution < 1.29 is 4.79 Å². The SMILES string of the molecule is CC(C)C(=O)N1CCN(CCCc2ccccc2)CC1. The van der Waals surface area contributed by atoms with Gasteiger partial charge in [-0.15, -0.1) is 0 Å². The molecule has 110 valence electrons. The van der Waals surface area contributed by atoms with Gasteiger partial charge >= 0.3 is 0 Å². The van der Waals surface area contributed by atoms with Crippen molar-refractivity contribution in [2.45, 2.75) is 26.7 Å². The van der Waals surface area contributed by atoms with Crippen molar-refractivity contribution in [3.63, 3.8) is 0 Å². The Hall–Kier alpha value is -1.35. The number of carbonyl (C=O) groups is 1. The van der Waals surface area contributed by atoms with E-state index in [4.69, 9.17) is 0 Å². The summed E-state index contributed by atoms with van der Waals surface area (Å²) in [6.07, 6.45) is 2.34. The van der Waals surface area contributed by atoms with E-state index in [1.54, 1.807) is 0 Å². The zero-order chi connectivity index (χ0) is 14.4. The third kappa shape index (κ3) is 4.34. The summed E-state index contributed by atoms with van der Waals surface area (Å²) in [7, 11) is 0. The van der Waals surface area contributed by atoms with E-state index in [2.05, 4.69) is 35.2 Å². The van der Waals surface area contributed by atoms with Crippen LogP contribution in [-0.2, 0) is 11.2 Å². The van der Waals surface area contributed by atoms with Crippen molar-refractivity contribution in [2.75, 3.05) is 32.7 Å². The van der Waals surface area contributed by atoms with Gasteiger partial charge in [0.25, 0.3) is 0 Å². The van der Waals surface area contributed by atoms with Crippen LogP contribution in [0.5, 0.6) is 0 Å². The minimum atomic E-state index is 0.125. The van der Waals surface area contributed by atoms with Crippen molar-refractivity contribution in [1.82, 2.24) is 9.80 Å². The van der Waals surface area contributed by atoms with E-state index in [0.717, 1.165) is 39.1 Å². The molecule has 1 aromatic rings. The maximum absolute atomic E-state index is 11.9. The first kappa shape index (κ1) is 15.0. The summed E-state index contributed by atoms with van der Waals surface area (Å²) in [6, 6.07) is 10.7. The first-order chi connectivity index (χ1) is 9.66. The fourth-order valence-electron chi connectivity index (χ4n) is 2.71. The normalized spacial score (nSPS) is 16.6. The molecule has 2 rings (SSSR count). The highest BCUT2D eigenvalue weighted by molar-refractivity contribution is 5.78. The highest BCUT2D eigenvalue weighted by Gasteiger charge is 2.22. The summed E-state index contributed by atoms with van der Waals surface area (Å²) in [5, 5.41) is 0. The minimum absolute atomic E-state index is 0.125. The zero-order valence-electron chi connectivity index (χ0n) is 12.7. The second-order valence-electron chi connectivity index (χ2n) is 5.91. The molecule has 0 saturated carbocycles. The van der Waals surface area contributed by atoms with Crippen LogP contribution in [-0.4, -0.2) is 48.4 Å². The van der Waals surface area contributed by atoms with Gasteiger partial charge in [-0.25, -0.2) is 0 Å². The molecule has 0 radical (unpaired) electrons. The molecule has 0 atom stereocenters. The Labute approximate surface area is 122 Å². The van der Waals surface area contributed by atoms with E-state index in [-0.39, 0.29) is 5.92 Å². The lowest BCUT2D eigenvalue weighted by Gasteiger charge is -2.35. The second kappa shape index (κ2) is 7.44. The van der Waals surface area contributed by atoms with Crippen LogP contribution in [0.3, 0.4) is 0 Å². The fraction of sp³-hybridized carbons (Fsp3) is 0.588. The third-order valence-corrected chi connectivity index (χ3v) is 3.96. The molecule has 1 aliphatic heterocycles. The van der Waals surface area contributed by atoms with Crippen LogP contribution in [0.15, 0.2) is 30.3 Å². The molecule has 0 spiro atoms. The molecule has 0 unspecified atom stereocenters. The lowest BCUT2D eigenvalue weighted by molar-refractivity contribution is -0.136. The average molecular weight is 274 g/mol. The molecule has 1 aromatic carbocycles. The van der Waals surface area contributed by atoms with Gasteiger partial charge in [0.05, 0.1) is 0 Å². The van der Waals surface area contributed by atoms with E-state index < -0.39 is 0 Å². The Morgan fingerprint density at radius 1 is 1.10 bits per heavy atom. The largest absolute Gasteiger partial charge is 0.340 e. The Balaban J connectivity index is 1.66. The van der Waals surface area contributed by atoms with E-state index in [1.807, 2.05) is 18.7 Å². The van der Waals surface area contributed by atoms with Crippen molar-refractivity contribution >= 4 is 5.91 Å². The van der Waals surface area contributed by atoms with Gasteiger partial charge in [0, 0.05) is 32.1 Å². The summed E-state index contributed by atoms with van der Waals surface area (Å²) in [5.41, 5.74) is 1.42. The number of hydrogen-bond acceptors (Lipinski definition) is 2. The molecular formula is C17H26N2O. The number of piperazine rings is 1. The van der Waals surface area contributed by atoms with Crippen molar-refractivity contribution in [2.24, 2.45) is 5.92 Å². The number of hydrogen-bond donors (Lipinski definition) is 0. The molecular weight excluding hydrogens is 248 g/mol. The van der Waals surface area contributed by atoms with Gasteiger partial charge in [0.2, 0.25) is 5.91 Å². The van der Waals surface area contributed by atoms with Crippen LogP contribution in [0.4, 0.5) is 0 Å². The summed E-state index contributed by atoms with van der Waals surface area (Å²) in [5.74, 6) is 0.425. The van der Waals surface area contributed by atoms with E-state index >= 15 is 0 Å². The smallest absolute Gasteiger partial charge is 0.225 e. The number of benzene rings is 1. The highest BCUT2D eigenvalue weighted by atomic mass is 16.2. The van der Waals surface area contributed by atoms with Crippen molar-refractivity contribution in [3.05, 3.63) is 35.9 Å². The number of aryl methyl sites for hydroxylation is 1. The van der Waals surface area contributed by atoms with Crippen LogP contribution < -0.4 is 0 Å². The number of carbonyl (C=O) groups excluding carboxylic acids is 1. The summed E-state index contributed by atoms with van der Waals surface area (Å²) in [6.45, 7) is 8.92. The molecule has 0 N–H and O–H groups in total. The van der Waals surface area contributed by atoms with Gasteiger partial charge in [-0.2, -0.15) is 0 Å². The molecule has 1 aliphatic rings. The lowest BCUT2D eigenvalue weighted by atomic mass is 10.1. The summed E-state index contributed by atoms with van der Waals surface area (Å²) >= 11 is 0. The number of amides is 1. The average Bonchev–Trinajstić information content (AvgIpc) is 2.48. The van der Waals surface area contributed by atoms with Crippen molar-refractivity contribution in [3.8, 4) is 0 Å². The maximum Gasteiger partial charge on any atom is 0.225 e. The Morgan fingerprint density at radius 3 is 2.35 bits per heavy atom. The summed E-state index contributed by atoms with van der Waals surface area (Å²) < 4.78 is 0. The van der Waals surface area contributed by atoms with E-state index in [1.165, 1.54) is 12.0 Å². The predicted octanol–water partition coefficient (Wildman–Crippen LogP) is 2.42. The zero-order valence-corrected chi connectivity index (χ0v) is 12.7. The molecule has 1 saturated heterocycles. The Bertz CT molecular complexity index is 408. The minimum Gasteiger partial charge on any atom is -0.340 e. The molecule has 1 amide bonds. The van der Waals surface area contributed by atoms with Crippen LogP contribution in [0.2, 0.25) is 0 Å². The Morgan fingerprint density at radius 2 is 1.75 bits per heavy atom. The van der Waals surface area contributed by atoms with Crippen LogP contribution in [0.1, 0.15) is 25.8 Å². The van der Waals surface area contributed by atoms with Gasteiger partial charge in [-0.3, -0.25) is 9.69 Å². The number of nitrogens with zero attached hydrogens (tertiary/aromatic N) is 2. The predicted molar refractivity (Wildman–Crippen MR) is 82.6 cm³/mol. The standard InChI is InChI=1S/C17H26N2O/c1-15(2)17(20)19-13-11-18(12-14-19)10-6-9-16-7-4-3-5-8-16/h3-5,7-8,15H,6,9-14H2,1-2H3. The van der Waals surface area contributed by atoms with E-state index in [0.29, 0.717) is 5.91 Å². The molecule has 20 heavy (non-hydrogen) atoms. The van der Waals surface area contributed by atoms with Gasteiger partial charge in [0.1, 0.15) is 0 Å². The van der Waals surface area contributed by atoms with Gasteiger partial charge in [-0.05, 0) is 24.9 Å². The quantitative estimate of drug-likeness (QED) is 0.823. The monoisotopic (exact) mass is 274 g/mol.